The Balaban J connectivity index is 1.61. The Bertz CT molecular complexity index is 1980. The van der Waals surface area contributed by atoms with Gasteiger partial charge < -0.3 is 65.1 Å². The van der Waals surface area contributed by atoms with Crippen molar-refractivity contribution in [3.05, 3.63) is 72.9 Å². The van der Waals surface area contributed by atoms with Gasteiger partial charge in [-0.1, -0.05) is 363 Å². The summed E-state index contributed by atoms with van der Waals surface area (Å²) in [6.07, 6.45) is 81.5. The number of allylic oxidation sites excluding steroid dienone is 11. The summed E-state index contributed by atoms with van der Waals surface area (Å²) >= 11 is 0. The molecule has 2 rings (SSSR count). The molecule has 2 saturated heterocycles. The van der Waals surface area contributed by atoms with E-state index in [-0.39, 0.29) is 18.9 Å². The molecule has 1 amide bonds. The molecule has 0 aliphatic carbocycles. The summed E-state index contributed by atoms with van der Waals surface area (Å²) in [4.78, 5) is 13.4. The van der Waals surface area contributed by atoms with Crippen molar-refractivity contribution in [3.63, 3.8) is 0 Å². The minimum absolute atomic E-state index is 0.248. The lowest BCUT2D eigenvalue weighted by molar-refractivity contribution is -0.359. The number of nitrogens with one attached hydrogen (secondary N) is 1. The number of carbonyl (C=O) groups excluding carboxylic acids is 1. The monoisotopic (exact) mass is 1430 g/mol. The van der Waals surface area contributed by atoms with Gasteiger partial charge in [0.1, 0.15) is 48.8 Å². The zero-order valence-corrected chi connectivity index (χ0v) is 64.9. The van der Waals surface area contributed by atoms with Crippen LogP contribution in [0.25, 0.3) is 0 Å². The second kappa shape index (κ2) is 70.4. The lowest BCUT2D eigenvalue weighted by Crippen LogP contribution is -2.65. The maximum atomic E-state index is 13.4. The molecule has 2 heterocycles. The van der Waals surface area contributed by atoms with Gasteiger partial charge in [0.05, 0.1) is 32.0 Å². The van der Waals surface area contributed by atoms with Gasteiger partial charge in [-0.15, -0.1) is 0 Å². The van der Waals surface area contributed by atoms with Crippen LogP contribution < -0.4 is 5.32 Å². The Hall–Kier alpha value is -2.57. The molecule has 0 saturated carbocycles. The minimum Gasteiger partial charge on any atom is -0.394 e. The highest BCUT2D eigenvalue weighted by atomic mass is 16.7. The molecule has 101 heavy (non-hydrogen) atoms. The van der Waals surface area contributed by atoms with Crippen LogP contribution in [-0.2, 0) is 23.7 Å². The molecule has 2 aliphatic rings. The molecule has 9 N–H and O–H groups in total. The van der Waals surface area contributed by atoms with Crippen molar-refractivity contribution < 1.29 is 64.6 Å². The third-order valence-corrected chi connectivity index (χ3v) is 20.6. The van der Waals surface area contributed by atoms with Crippen LogP contribution in [0.5, 0.6) is 0 Å². The SMILES string of the molecule is CCCCCCC/C=C\C/C=C\C/C=C\CCCCCCCCCCCCCCCCCCCCCCC(=O)NC(COC1OC(CO)C(OC2OC(CO)C(O)C(O)C2O)C(O)C1O)C(O)/C=C/CC/C=C/CC/C=C/CCCCCCCCCCCCCCCCCCCCCCCC. The summed E-state index contributed by atoms with van der Waals surface area (Å²) in [5.74, 6) is -0.248. The summed E-state index contributed by atoms with van der Waals surface area (Å²) in [5.41, 5.74) is 0. The van der Waals surface area contributed by atoms with Crippen LogP contribution in [0.3, 0.4) is 0 Å². The van der Waals surface area contributed by atoms with Crippen LogP contribution in [0.4, 0.5) is 0 Å². The Morgan fingerprint density at radius 1 is 0.356 bits per heavy atom. The minimum atomic E-state index is -1.80. The topological polar surface area (TPSA) is 228 Å². The quantitative estimate of drug-likeness (QED) is 0.0204. The average molecular weight is 1430 g/mol. The molecule has 12 atom stereocenters. The van der Waals surface area contributed by atoms with Gasteiger partial charge in [-0.25, -0.2) is 0 Å². The van der Waals surface area contributed by atoms with Gasteiger partial charge in [0, 0.05) is 6.42 Å². The number of hydrogen-bond acceptors (Lipinski definition) is 13. The molecule has 0 spiro atoms. The number of hydrogen-bond donors (Lipinski definition) is 9. The number of aliphatic hydroxyl groups excluding tert-OH is 8. The van der Waals surface area contributed by atoms with Crippen molar-refractivity contribution in [3.8, 4) is 0 Å². The van der Waals surface area contributed by atoms with Gasteiger partial charge in [-0.2, -0.15) is 0 Å². The fourth-order valence-corrected chi connectivity index (χ4v) is 13.9. The summed E-state index contributed by atoms with van der Waals surface area (Å²) in [7, 11) is 0. The maximum Gasteiger partial charge on any atom is 0.220 e. The van der Waals surface area contributed by atoms with Crippen LogP contribution in [0.15, 0.2) is 72.9 Å². The van der Waals surface area contributed by atoms with E-state index in [1.165, 1.54) is 289 Å². The number of ether oxygens (including phenoxy) is 4. The van der Waals surface area contributed by atoms with Gasteiger partial charge >= 0.3 is 0 Å². The lowest BCUT2D eigenvalue weighted by Gasteiger charge is -2.46. The molecule has 12 unspecified atom stereocenters. The maximum absolute atomic E-state index is 13.4. The van der Waals surface area contributed by atoms with Crippen molar-refractivity contribution in [1.29, 1.82) is 0 Å². The number of carbonyl (C=O) groups is 1. The molecule has 14 nitrogen and oxygen atoms in total. The number of unbranched alkanes of at least 4 members (excludes halogenated alkanes) is 49. The highest BCUT2D eigenvalue weighted by Gasteiger charge is 2.51. The van der Waals surface area contributed by atoms with E-state index in [1.807, 2.05) is 6.08 Å². The van der Waals surface area contributed by atoms with Gasteiger partial charge in [-0.3, -0.25) is 4.79 Å². The second-order valence-corrected chi connectivity index (χ2v) is 29.9. The highest BCUT2D eigenvalue weighted by molar-refractivity contribution is 5.76. The fraction of sp³-hybridized carbons (Fsp3) is 0.851. The standard InChI is InChI=1S/C87H159NO13/c1-3-5-7-9-11-13-15-17-19-21-23-25-27-29-31-33-35-37-38-39-41-43-45-47-49-51-53-55-57-59-61-63-65-67-69-71-79(92)88-75(74-98-86-84(97)82(95)85(78(73-90)100-86)101-87-83(96)81(94)80(93)77(72-89)99-87)76(91)70-68-66-64-62-60-58-56-54-52-50-48-46-44-42-40-36-34-32-30-28-26-24-22-20-18-16-14-12-10-8-6-4-2/h15,17,21,23,27,29,52,54,60,62,68,70,75-78,80-87,89-91,93-97H,3-14,16,18-20,22,24-26,28,30-51,53,55-59,61,63-67,69,71-74H2,1-2H3,(H,88,92)/b17-15-,23-21-,29-27-,54-52+,62-60+,70-68+. The van der Waals surface area contributed by atoms with Gasteiger partial charge in [0.25, 0.3) is 0 Å². The van der Waals surface area contributed by atoms with E-state index in [9.17, 15) is 45.6 Å². The third-order valence-electron chi connectivity index (χ3n) is 20.6. The number of amides is 1. The molecule has 0 aromatic rings. The zero-order chi connectivity index (χ0) is 73.0. The molecule has 14 heteroatoms. The molecular weight excluding hydrogens is 1270 g/mol. The Labute approximate surface area is 618 Å². The van der Waals surface area contributed by atoms with E-state index in [2.05, 4.69) is 79.9 Å². The van der Waals surface area contributed by atoms with Crippen LogP contribution in [0.1, 0.15) is 380 Å². The van der Waals surface area contributed by atoms with Crippen molar-refractivity contribution >= 4 is 5.91 Å². The third kappa shape index (κ3) is 53.0. The molecule has 590 valence electrons. The predicted molar refractivity (Wildman–Crippen MR) is 420 cm³/mol. The van der Waals surface area contributed by atoms with Crippen LogP contribution in [0.2, 0.25) is 0 Å². The van der Waals surface area contributed by atoms with E-state index in [0.29, 0.717) is 12.8 Å². The largest absolute Gasteiger partial charge is 0.394 e. The second-order valence-electron chi connectivity index (χ2n) is 29.9. The lowest BCUT2D eigenvalue weighted by atomic mass is 9.97. The first-order valence-electron chi connectivity index (χ1n) is 42.7. The van der Waals surface area contributed by atoms with Crippen LogP contribution in [0, 0.1) is 0 Å². The van der Waals surface area contributed by atoms with Crippen molar-refractivity contribution in [2.45, 2.75) is 453 Å². The molecule has 0 bridgehead atoms. The van der Waals surface area contributed by atoms with Gasteiger partial charge in [0.2, 0.25) is 5.91 Å². The molecule has 2 aliphatic heterocycles. The van der Waals surface area contributed by atoms with Gasteiger partial charge in [-0.05, 0) is 83.5 Å². The Morgan fingerprint density at radius 2 is 0.663 bits per heavy atom. The number of rotatable bonds is 72. The molecule has 2 fully saturated rings. The summed E-state index contributed by atoms with van der Waals surface area (Å²) in [5, 5.41) is 87.7. The van der Waals surface area contributed by atoms with E-state index < -0.39 is 86.8 Å². The molecular formula is C87H159NO13. The normalized spacial score (nSPS) is 22.1. The summed E-state index contributed by atoms with van der Waals surface area (Å²) in [6, 6.07) is -0.942. The smallest absolute Gasteiger partial charge is 0.220 e. The van der Waals surface area contributed by atoms with Crippen molar-refractivity contribution in [1.82, 2.24) is 5.32 Å². The van der Waals surface area contributed by atoms with Crippen molar-refractivity contribution in [2.75, 3.05) is 19.8 Å². The zero-order valence-electron chi connectivity index (χ0n) is 64.9. The van der Waals surface area contributed by atoms with Crippen LogP contribution >= 0.6 is 0 Å². The van der Waals surface area contributed by atoms with E-state index in [1.54, 1.807) is 6.08 Å². The Kier molecular flexibility index (Phi) is 65.9. The highest BCUT2D eigenvalue weighted by Crippen LogP contribution is 2.30. The first-order chi connectivity index (χ1) is 49.6. The van der Waals surface area contributed by atoms with Gasteiger partial charge in [0.15, 0.2) is 12.6 Å². The number of aliphatic hydroxyl groups is 8. The summed E-state index contributed by atoms with van der Waals surface area (Å²) in [6.45, 7) is 2.82. The fourth-order valence-electron chi connectivity index (χ4n) is 13.9. The molecule has 0 radical (unpaired) electrons. The Morgan fingerprint density at radius 3 is 1.04 bits per heavy atom. The average Bonchev–Trinajstić information content (AvgIpc) is 0.791. The molecule has 0 aromatic heterocycles. The van der Waals surface area contributed by atoms with Crippen LogP contribution in [-0.4, -0.2) is 140 Å². The molecule has 0 aromatic carbocycles. The first kappa shape index (κ1) is 94.5. The predicted octanol–water partition coefficient (Wildman–Crippen LogP) is 20.1. The summed E-state index contributed by atoms with van der Waals surface area (Å²) < 4.78 is 22.9. The van der Waals surface area contributed by atoms with Crippen molar-refractivity contribution in [2.24, 2.45) is 0 Å². The van der Waals surface area contributed by atoms with E-state index >= 15 is 0 Å². The first-order valence-corrected chi connectivity index (χ1v) is 42.7. The van der Waals surface area contributed by atoms with E-state index in [4.69, 9.17) is 18.9 Å². The van der Waals surface area contributed by atoms with E-state index in [0.717, 1.165) is 57.8 Å².